The summed E-state index contributed by atoms with van der Waals surface area (Å²) in [6.45, 7) is 9.23. The van der Waals surface area contributed by atoms with Gasteiger partial charge in [0.2, 0.25) is 0 Å². The second kappa shape index (κ2) is 5.51. The molecular weight excluding hydrogens is 218 g/mol. The number of aryl methyl sites for hydroxylation is 1. The molecule has 17 heavy (non-hydrogen) atoms. The van der Waals surface area contributed by atoms with Gasteiger partial charge in [0.15, 0.2) is 0 Å². The van der Waals surface area contributed by atoms with Gasteiger partial charge in [-0.1, -0.05) is 6.92 Å². The van der Waals surface area contributed by atoms with Crippen molar-refractivity contribution in [1.82, 2.24) is 14.0 Å². The number of morpholine rings is 1. The number of likely N-dealkylation sites (N-methyl/N-ethyl adjacent to an activating group) is 1. The van der Waals surface area contributed by atoms with Crippen LogP contribution in [0.3, 0.4) is 0 Å². The van der Waals surface area contributed by atoms with Crippen molar-refractivity contribution in [2.45, 2.75) is 33.0 Å². The van der Waals surface area contributed by atoms with E-state index < -0.39 is 0 Å². The van der Waals surface area contributed by atoms with Crippen LogP contribution in [0.5, 0.6) is 0 Å². The molecule has 1 aliphatic heterocycles. The van der Waals surface area contributed by atoms with Gasteiger partial charge in [0.05, 0.1) is 19.3 Å². The molecule has 2 heterocycles. The third-order valence-corrected chi connectivity index (χ3v) is 3.33. The lowest BCUT2D eigenvalue weighted by Gasteiger charge is -2.32. The van der Waals surface area contributed by atoms with Crippen molar-refractivity contribution >= 4 is 0 Å². The molecule has 1 aliphatic rings. The summed E-state index contributed by atoms with van der Waals surface area (Å²) in [5, 5.41) is 0. The SMILES string of the molecule is CCN1CCOC(Cn2ccn(CC)c2=O)C1. The van der Waals surface area contributed by atoms with E-state index in [0.29, 0.717) is 6.54 Å². The fraction of sp³-hybridized carbons (Fsp3) is 0.750. The van der Waals surface area contributed by atoms with Crippen LogP contribution in [-0.2, 0) is 17.8 Å². The summed E-state index contributed by atoms with van der Waals surface area (Å²) in [5.74, 6) is 0. The zero-order chi connectivity index (χ0) is 12.3. The molecule has 0 bridgehead atoms. The number of aromatic nitrogens is 2. The zero-order valence-corrected chi connectivity index (χ0v) is 10.6. The summed E-state index contributed by atoms with van der Waals surface area (Å²) in [6.07, 6.45) is 3.82. The van der Waals surface area contributed by atoms with Crippen molar-refractivity contribution in [2.75, 3.05) is 26.2 Å². The van der Waals surface area contributed by atoms with Gasteiger partial charge in [0, 0.05) is 32.0 Å². The first kappa shape index (κ1) is 12.4. The van der Waals surface area contributed by atoms with E-state index in [1.54, 1.807) is 9.13 Å². The van der Waals surface area contributed by atoms with E-state index in [1.165, 1.54) is 0 Å². The van der Waals surface area contributed by atoms with Gasteiger partial charge in [0.25, 0.3) is 0 Å². The van der Waals surface area contributed by atoms with Gasteiger partial charge in [-0.2, -0.15) is 0 Å². The quantitative estimate of drug-likeness (QED) is 0.763. The monoisotopic (exact) mass is 239 g/mol. The molecule has 1 saturated heterocycles. The average Bonchev–Trinajstić information content (AvgIpc) is 2.71. The Kier molecular flexibility index (Phi) is 4.02. The van der Waals surface area contributed by atoms with Crippen molar-refractivity contribution in [1.29, 1.82) is 0 Å². The zero-order valence-electron chi connectivity index (χ0n) is 10.6. The minimum atomic E-state index is 0.0599. The number of rotatable bonds is 4. The molecular formula is C12H21N3O2. The van der Waals surface area contributed by atoms with E-state index in [9.17, 15) is 4.79 Å². The molecule has 1 atom stereocenters. The highest BCUT2D eigenvalue weighted by atomic mass is 16.5. The van der Waals surface area contributed by atoms with Crippen LogP contribution in [-0.4, -0.2) is 46.4 Å². The Labute approximate surface area is 102 Å². The predicted octanol–water partition coefficient (Wildman–Crippen LogP) is 0.390. The average molecular weight is 239 g/mol. The van der Waals surface area contributed by atoms with Crippen LogP contribution < -0.4 is 5.69 Å². The number of hydrogen-bond acceptors (Lipinski definition) is 3. The smallest absolute Gasteiger partial charge is 0.328 e. The Morgan fingerprint density at radius 2 is 2.06 bits per heavy atom. The molecule has 1 aromatic heterocycles. The molecule has 5 nitrogen and oxygen atoms in total. The molecule has 2 rings (SSSR count). The van der Waals surface area contributed by atoms with Crippen LogP contribution in [0.15, 0.2) is 17.2 Å². The second-order valence-electron chi connectivity index (χ2n) is 4.41. The summed E-state index contributed by atoms with van der Waals surface area (Å²) >= 11 is 0. The van der Waals surface area contributed by atoms with Crippen LogP contribution in [0.4, 0.5) is 0 Å². The van der Waals surface area contributed by atoms with E-state index >= 15 is 0 Å². The minimum Gasteiger partial charge on any atom is -0.374 e. The number of ether oxygens (including phenoxy) is 1. The Balaban J connectivity index is 2.00. The summed E-state index contributed by atoms with van der Waals surface area (Å²) in [4.78, 5) is 14.2. The lowest BCUT2D eigenvalue weighted by molar-refractivity contribution is -0.0347. The van der Waals surface area contributed by atoms with Crippen molar-refractivity contribution < 1.29 is 4.74 Å². The first-order valence-electron chi connectivity index (χ1n) is 6.34. The molecule has 0 spiro atoms. The number of imidazole rings is 1. The van der Waals surface area contributed by atoms with Gasteiger partial charge >= 0.3 is 5.69 Å². The Morgan fingerprint density at radius 1 is 1.29 bits per heavy atom. The van der Waals surface area contributed by atoms with E-state index in [0.717, 1.165) is 32.8 Å². The van der Waals surface area contributed by atoms with Crippen LogP contribution in [0, 0.1) is 0 Å². The highest BCUT2D eigenvalue weighted by Gasteiger charge is 2.20. The second-order valence-corrected chi connectivity index (χ2v) is 4.41. The van der Waals surface area contributed by atoms with E-state index in [1.807, 2.05) is 19.3 Å². The molecule has 0 amide bonds. The lowest BCUT2D eigenvalue weighted by Crippen LogP contribution is -2.45. The molecule has 0 N–H and O–H groups in total. The minimum absolute atomic E-state index is 0.0599. The van der Waals surface area contributed by atoms with Crippen LogP contribution in [0.1, 0.15) is 13.8 Å². The Morgan fingerprint density at radius 3 is 2.71 bits per heavy atom. The third-order valence-electron chi connectivity index (χ3n) is 3.33. The topological polar surface area (TPSA) is 39.4 Å². The normalized spacial score (nSPS) is 21.9. The molecule has 0 aliphatic carbocycles. The van der Waals surface area contributed by atoms with Crippen LogP contribution in [0.2, 0.25) is 0 Å². The molecule has 1 aromatic rings. The van der Waals surface area contributed by atoms with E-state index in [2.05, 4.69) is 11.8 Å². The van der Waals surface area contributed by atoms with Gasteiger partial charge < -0.3 is 4.74 Å². The van der Waals surface area contributed by atoms with Gasteiger partial charge in [-0.3, -0.25) is 14.0 Å². The maximum Gasteiger partial charge on any atom is 0.328 e. The highest BCUT2D eigenvalue weighted by Crippen LogP contribution is 2.06. The van der Waals surface area contributed by atoms with Crippen molar-refractivity contribution in [3.05, 3.63) is 22.9 Å². The molecule has 1 unspecified atom stereocenters. The summed E-state index contributed by atoms with van der Waals surface area (Å²) in [7, 11) is 0. The molecule has 5 heteroatoms. The lowest BCUT2D eigenvalue weighted by atomic mass is 10.2. The maximum absolute atomic E-state index is 11.9. The molecule has 0 aromatic carbocycles. The molecule has 0 radical (unpaired) electrons. The Bertz CT molecular complexity index is 410. The number of nitrogens with zero attached hydrogens (tertiary/aromatic N) is 3. The summed E-state index contributed by atoms with van der Waals surface area (Å²) in [5.41, 5.74) is 0.0599. The Hall–Kier alpha value is -1.07. The van der Waals surface area contributed by atoms with E-state index in [4.69, 9.17) is 4.74 Å². The van der Waals surface area contributed by atoms with Crippen molar-refractivity contribution in [3.8, 4) is 0 Å². The first-order valence-corrected chi connectivity index (χ1v) is 6.34. The molecule has 1 fully saturated rings. The van der Waals surface area contributed by atoms with Crippen LogP contribution in [0.25, 0.3) is 0 Å². The first-order chi connectivity index (χ1) is 8.24. The van der Waals surface area contributed by atoms with Gasteiger partial charge in [-0.05, 0) is 13.5 Å². The number of hydrogen-bond donors (Lipinski definition) is 0. The van der Waals surface area contributed by atoms with Crippen LogP contribution >= 0.6 is 0 Å². The fourth-order valence-electron chi connectivity index (χ4n) is 2.23. The van der Waals surface area contributed by atoms with Gasteiger partial charge in [-0.25, -0.2) is 4.79 Å². The molecule has 0 saturated carbocycles. The van der Waals surface area contributed by atoms with E-state index in [-0.39, 0.29) is 11.8 Å². The van der Waals surface area contributed by atoms with Gasteiger partial charge in [0.1, 0.15) is 0 Å². The maximum atomic E-state index is 11.9. The van der Waals surface area contributed by atoms with Crippen molar-refractivity contribution in [3.63, 3.8) is 0 Å². The summed E-state index contributed by atoms with van der Waals surface area (Å²) < 4.78 is 9.15. The summed E-state index contributed by atoms with van der Waals surface area (Å²) in [6, 6.07) is 0. The molecule has 96 valence electrons. The standard InChI is InChI=1S/C12H21N3O2/c1-3-13-7-8-17-11(9-13)10-15-6-5-14(4-2)12(15)16/h5-6,11H,3-4,7-10H2,1-2H3. The van der Waals surface area contributed by atoms with Crippen molar-refractivity contribution in [2.24, 2.45) is 0 Å². The van der Waals surface area contributed by atoms with Gasteiger partial charge in [-0.15, -0.1) is 0 Å². The fourth-order valence-corrected chi connectivity index (χ4v) is 2.23. The highest BCUT2D eigenvalue weighted by molar-refractivity contribution is 4.83. The predicted molar refractivity (Wildman–Crippen MR) is 66.2 cm³/mol. The largest absolute Gasteiger partial charge is 0.374 e. The third kappa shape index (κ3) is 2.79.